The Morgan fingerprint density at radius 2 is 2.10 bits per heavy atom. The van der Waals surface area contributed by atoms with E-state index in [1.807, 2.05) is 0 Å². The summed E-state index contributed by atoms with van der Waals surface area (Å²) in [5, 5.41) is 3.56. The highest BCUT2D eigenvalue weighted by Crippen LogP contribution is 2.36. The van der Waals surface area contributed by atoms with Crippen molar-refractivity contribution >= 4 is 21.6 Å². The Morgan fingerprint density at radius 1 is 1.33 bits per heavy atom. The van der Waals surface area contributed by atoms with Crippen molar-refractivity contribution in [1.82, 2.24) is 5.32 Å². The highest BCUT2D eigenvalue weighted by atomic mass is 79.9. The lowest BCUT2D eigenvalue weighted by molar-refractivity contribution is 0.491. The molecule has 21 heavy (non-hydrogen) atoms. The lowest BCUT2D eigenvalue weighted by atomic mass is 10.0. The van der Waals surface area contributed by atoms with Gasteiger partial charge in [-0.1, -0.05) is 26.8 Å². The van der Waals surface area contributed by atoms with E-state index < -0.39 is 0 Å². The van der Waals surface area contributed by atoms with Gasteiger partial charge in [0.05, 0.1) is 5.69 Å². The molecule has 1 aromatic rings. The molecule has 0 bridgehead atoms. The maximum atomic E-state index is 3.80. The monoisotopic (exact) mass is 352 g/mol. The van der Waals surface area contributed by atoms with Gasteiger partial charge in [-0.05, 0) is 72.3 Å². The van der Waals surface area contributed by atoms with E-state index in [1.54, 1.807) is 0 Å². The zero-order valence-corrected chi connectivity index (χ0v) is 15.4. The van der Waals surface area contributed by atoms with Gasteiger partial charge in [0.2, 0.25) is 0 Å². The van der Waals surface area contributed by atoms with E-state index in [-0.39, 0.29) is 0 Å². The molecule has 1 heterocycles. The highest BCUT2D eigenvalue weighted by Gasteiger charge is 2.28. The maximum absolute atomic E-state index is 3.80. The predicted molar refractivity (Wildman–Crippen MR) is 96.1 cm³/mol. The molecule has 1 N–H and O–H groups in total. The van der Waals surface area contributed by atoms with Crippen molar-refractivity contribution in [3.05, 3.63) is 28.2 Å². The predicted octanol–water partition coefficient (Wildman–Crippen LogP) is 5.13. The van der Waals surface area contributed by atoms with Crippen LogP contribution < -0.4 is 10.2 Å². The normalized spacial score (nSPS) is 20.3. The minimum Gasteiger partial charge on any atom is -0.367 e. The third-order valence-electron chi connectivity index (χ3n) is 4.55. The molecule has 2 nitrogen and oxygen atoms in total. The van der Waals surface area contributed by atoms with Crippen LogP contribution >= 0.6 is 15.9 Å². The molecular formula is C18H29BrN2. The van der Waals surface area contributed by atoms with Gasteiger partial charge in [0.15, 0.2) is 0 Å². The molecule has 1 aromatic carbocycles. The van der Waals surface area contributed by atoms with Crippen LogP contribution in [0.1, 0.15) is 58.6 Å². The minimum absolute atomic E-state index is 0.412. The number of hydrogen-bond acceptors (Lipinski definition) is 2. The summed E-state index contributed by atoms with van der Waals surface area (Å²) < 4.78 is 1.23. The zero-order chi connectivity index (χ0) is 15.4. The van der Waals surface area contributed by atoms with Crippen LogP contribution in [0, 0.1) is 5.92 Å². The zero-order valence-electron chi connectivity index (χ0n) is 13.8. The standard InChI is InChI=1S/C18H29BrN2/c1-5-10-20-14(4)15-8-9-18(16(19)12-15)21-11-6-7-17(21)13(2)3/h8-9,12-14,17,20H,5-7,10-11H2,1-4H3. The number of rotatable bonds is 6. The molecule has 2 unspecified atom stereocenters. The minimum atomic E-state index is 0.412. The first-order valence-electron chi connectivity index (χ1n) is 8.34. The summed E-state index contributed by atoms with van der Waals surface area (Å²) in [6.07, 6.45) is 3.80. The molecule has 0 radical (unpaired) electrons. The number of anilines is 1. The third-order valence-corrected chi connectivity index (χ3v) is 5.19. The molecule has 1 aliphatic heterocycles. The third kappa shape index (κ3) is 4.01. The van der Waals surface area contributed by atoms with Crippen LogP contribution in [-0.2, 0) is 0 Å². The van der Waals surface area contributed by atoms with Crippen LogP contribution in [0.5, 0.6) is 0 Å². The summed E-state index contributed by atoms with van der Waals surface area (Å²) in [6, 6.07) is 7.96. The van der Waals surface area contributed by atoms with Crippen LogP contribution in [0.4, 0.5) is 5.69 Å². The fraction of sp³-hybridized carbons (Fsp3) is 0.667. The van der Waals surface area contributed by atoms with E-state index in [4.69, 9.17) is 0 Å². The van der Waals surface area contributed by atoms with Crippen LogP contribution in [-0.4, -0.2) is 19.1 Å². The van der Waals surface area contributed by atoms with Gasteiger partial charge >= 0.3 is 0 Å². The summed E-state index contributed by atoms with van der Waals surface area (Å²) in [5.74, 6) is 0.712. The Bertz CT molecular complexity index is 459. The molecular weight excluding hydrogens is 324 g/mol. The van der Waals surface area contributed by atoms with Gasteiger partial charge < -0.3 is 10.2 Å². The van der Waals surface area contributed by atoms with Crippen LogP contribution in [0.3, 0.4) is 0 Å². The van der Waals surface area contributed by atoms with Crippen LogP contribution in [0.15, 0.2) is 22.7 Å². The molecule has 0 saturated carbocycles. The molecule has 1 saturated heterocycles. The summed E-state index contributed by atoms with van der Waals surface area (Å²) in [6.45, 7) is 11.4. The molecule has 118 valence electrons. The number of halogens is 1. The van der Waals surface area contributed by atoms with E-state index >= 15 is 0 Å². The second-order valence-electron chi connectivity index (χ2n) is 6.53. The Morgan fingerprint density at radius 3 is 2.71 bits per heavy atom. The Balaban J connectivity index is 2.15. The summed E-state index contributed by atoms with van der Waals surface area (Å²) in [4.78, 5) is 2.59. The van der Waals surface area contributed by atoms with Crippen LogP contribution in [0.2, 0.25) is 0 Å². The van der Waals surface area contributed by atoms with Crippen molar-refractivity contribution in [2.24, 2.45) is 5.92 Å². The average Bonchev–Trinajstić information content (AvgIpc) is 2.94. The van der Waals surface area contributed by atoms with Crippen molar-refractivity contribution in [1.29, 1.82) is 0 Å². The second kappa shape index (κ2) is 7.64. The largest absolute Gasteiger partial charge is 0.367 e. The fourth-order valence-corrected chi connectivity index (χ4v) is 3.91. The van der Waals surface area contributed by atoms with Gasteiger partial charge in [0.25, 0.3) is 0 Å². The van der Waals surface area contributed by atoms with E-state index in [9.17, 15) is 0 Å². The molecule has 0 aromatic heterocycles. The number of nitrogens with zero attached hydrogens (tertiary/aromatic N) is 1. The Labute approximate surface area is 138 Å². The SMILES string of the molecule is CCCNC(C)c1ccc(N2CCCC2C(C)C)c(Br)c1. The summed E-state index contributed by atoms with van der Waals surface area (Å²) >= 11 is 3.80. The molecule has 1 fully saturated rings. The number of hydrogen-bond donors (Lipinski definition) is 1. The Hall–Kier alpha value is -0.540. The van der Waals surface area contributed by atoms with E-state index in [2.05, 4.69) is 72.0 Å². The fourth-order valence-electron chi connectivity index (χ4n) is 3.29. The Kier molecular flexibility index (Phi) is 6.12. The summed E-state index contributed by atoms with van der Waals surface area (Å²) in [5.41, 5.74) is 2.72. The molecule has 2 atom stereocenters. The second-order valence-corrected chi connectivity index (χ2v) is 7.39. The molecule has 0 spiro atoms. The maximum Gasteiger partial charge on any atom is 0.0513 e. The number of benzene rings is 1. The van der Waals surface area contributed by atoms with Gasteiger partial charge in [0, 0.05) is 23.1 Å². The van der Waals surface area contributed by atoms with Gasteiger partial charge in [-0.15, -0.1) is 0 Å². The molecule has 0 aliphatic carbocycles. The van der Waals surface area contributed by atoms with Crippen molar-refractivity contribution in [3.8, 4) is 0 Å². The first-order valence-corrected chi connectivity index (χ1v) is 9.13. The highest BCUT2D eigenvalue weighted by molar-refractivity contribution is 9.10. The van der Waals surface area contributed by atoms with Gasteiger partial charge in [-0.25, -0.2) is 0 Å². The quantitative estimate of drug-likeness (QED) is 0.762. The van der Waals surface area contributed by atoms with Crippen molar-refractivity contribution in [2.75, 3.05) is 18.0 Å². The topological polar surface area (TPSA) is 15.3 Å². The number of nitrogens with one attached hydrogen (secondary N) is 1. The van der Waals surface area contributed by atoms with Crippen molar-refractivity contribution in [3.63, 3.8) is 0 Å². The van der Waals surface area contributed by atoms with E-state index in [0.29, 0.717) is 18.0 Å². The van der Waals surface area contributed by atoms with E-state index in [0.717, 1.165) is 6.54 Å². The van der Waals surface area contributed by atoms with Crippen molar-refractivity contribution in [2.45, 2.75) is 59.0 Å². The first kappa shape index (κ1) is 16.8. The van der Waals surface area contributed by atoms with Crippen LogP contribution in [0.25, 0.3) is 0 Å². The first-order chi connectivity index (χ1) is 10.0. The van der Waals surface area contributed by atoms with Gasteiger partial charge in [-0.3, -0.25) is 0 Å². The lowest BCUT2D eigenvalue weighted by Gasteiger charge is -2.31. The average molecular weight is 353 g/mol. The molecule has 2 rings (SSSR count). The van der Waals surface area contributed by atoms with Crippen molar-refractivity contribution < 1.29 is 0 Å². The van der Waals surface area contributed by atoms with Gasteiger partial charge in [-0.2, -0.15) is 0 Å². The molecule has 3 heteroatoms. The molecule has 0 amide bonds. The smallest absolute Gasteiger partial charge is 0.0513 e. The van der Waals surface area contributed by atoms with E-state index in [1.165, 1.54) is 41.5 Å². The molecule has 1 aliphatic rings. The lowest BCUT2D eigenvalue weighted by Crippen LogP contribution is -2.33. The van der Waals surface area contributed by atoms with Gasteiger partial charge in [0.1, 0.15) is 0 Å². The summed E-state index contributed by atoms with van der Waals surface area (Å²) in [7, 11) is 0.